The van der Waals surface area contributed by atoms with Crippen molar-refractivity contribution >= 4 is 5.97 Å². The number of rotatable bonds is 5. The lowest BCUT2D eigenvalue weighted by molar-refractivity contribution is -0.137. The van der Waals surface area contributed by atoms with Crippen molar-refractivity contribution < 1.29 is 24.1 Å². The average molecular weight is 280 g/mol. The zero-order valence-electron chi connectivity index (χ0n) is 11.7. The Bertz CT molecular complexity index is 467. The van der Waals surface area contributed by atoms with E-state index in [0.29, 0.717) is 24.0 Å². The van der Waals surface area contributed by atoms with Gasteiger partial charge in [-0.2, -0.15) is 0 Å². The van der Waals surface area contributed by atoms with Gasteiger partial charge in [0.1, 0.15) is 12.6 Å². The maximum Gasteiger partial charge on any atom is 0.337 e. The first-order valence-electron chi connectivity index (χ1n) is 6.95. The van der Waals surface area contributed by atoms with Crippen molar-refractivity contribution in [1.29, 1.82) is 0 Å². The van der Waals surface area contributed by atoms with Crippen molar-refractivity contribution in [3.63, 3.8) is 0 Å². The first-order valence-corrected chi connectivity index (χ1v) is 6.95. The van der Waals surface area contributed by atoms with E-state index >= 15 is 0 Å². The lowest BCUT2D eigenvalue weighted by Gasteiger charge is -2.26. The fourth-order valence-corrected chi connectivity index (χ4v) is 4.17. The van der Waals surface area contributed by atoms with E-state index < -0.39 is 5.97 Å². The molecule has 1 N–H and O–H groups in total. The zero-order valence-corrected chi connectivity index (χ0v) is 11.7. The van der Waals surface area contributed by atoms with Gasteiger partial charge in [0.05, 0.1) is 19.3 Å². The molecule has 0 amide bonds. The van der Waals surface area contributed by atoms with Crippen LogP contribution in [0.2, 0.25) is 0 Å². The Balaban J connectivity index is 1.87. The molecule has 2 bridgehead atoms. The quantitative estimate of drug-likeness (QED) is 0.359. The van der Waals surface area contributed by atoms with E-state index in [-0.39, 0.29) is 30.3 Å². The van der Waals surface area contributed by atoms with E-state index in [0.717, 1.165) is 6.42 Å². The fourth-order valence-electron chi connectivity index (χ4n) is 4.17. The number of hydrogen-bond donors (Lipinski definition) is 1. The summed E-state index contributed by atoms with van der Waals surface area (Å²) in [5.74, 6) is 0.725. The van der Waals surface area contributed by atoms with Crippen LogP contribution in [-0.2, 0) is 19.0 Å². The van der Waals surface area contributed by atoms with Gasteiger partial charge in [-0.15, -0.1) is 0 Å². The summed E-state index contributed by atoms with van der Waals surface area (Å²) < 4.78 is 15.2. The molecule has 0 heterocycles. The van der Waals surface area contributed by atoms with Crippen LogP contribution in [0.1, 0.15) is 6.42 Å². The predicted octanol–water partition coefficient (Wildman–Crippen LogP) is 1.66. The molecule has 20 heavy (non-hydrogen) atoms. The lowest BCUT2D eigenvalue weighted by Crippen LogP contribution is -2.28. The smallest absolute Gasteiger partial charge is 0.337 e. The van der Waals surface area contributed by atoms with Gasteiger partial charge in [-0.25, -0.2) is 4.79 Å². The summed E-state index contributed by atoms with van der Waals surface area (Å²) in [6.07, 6.45) is 5.44. The molecule has 5 atom stereocenters. The summed E-state index contributed by atoms with van der Waals surface area (Å²) in [5, 5.41) is 10.5. The summed E-state index contributed by atoms with van der Waals surface area (Å²) in [7, 11) is 2.91. The number of methoxy groups -OCH3 is 2. The minimum absolute atomic E-state index is 0.0512. The number of hydrogen-bond acceptors (Lipinski definition) is 5. The van der Waals surface area contributed by atoms with E-state index in [4.69, 9.17) is 14.2 Å². The average Bonchev–Trinajstić information content (AvgIpc) is 3.11. The predicted molar refractivity (Wildman–Crippen MR) is 70.7 cm³/mol. The fraction of sp³-hybridized carbons (Fsp3) is 0.667. The maximum absolute atomic E-state index is 12.0. The van der Waals surface area contributed by atoms with Crippen molar-refractivity contribution in [2.45, 2.75) is 6.42 Å². The van der Waals surface area contributed by atoms with Crippen molar-refractivity contribution in [2.75, 3.05) is 27.6 Å². The number of ether oxygens (including phenoxy) is 3. The number of aliphatic hydroxyl groups excluding tert-OH is 1. The highest BCUT2D eigenvalue weighted by molar-refractivity contribution is 5.90. The number of aliphatic hydroxyl groups is 1. The number of allylic oxidation sites excluding steroid dienone is 3. The van der Waals surface area contributed by atoms with Crippen LogP contribution in [-0.4, -0.2) is 38.7 Å². The molecule has 1 fully saturated rings. The van der Waals surface area contributed by atoms with Crippen LogP contribution in [0, 0.1) is 29.6 Å². The molecular formula is C15H20O5. The van der Waals surface area contributed by atoms with Crippen molar-refractivity contribution in [3.05, 3.63) is 23.5 Å². The van der Waals surface area contributed by atoms with Gasteiger partial charge in [0, 0.05) is 18.9 Å². The Morgan fingerprint density at radius 3 is 2.80 bits per heavy atom. The first kappa shape index (κ1) is 13.6. The van der Waals surface area contributed by atoms with Gasteiger partial charge in [0.2, 0.25) is 0 Å². The second-order valence-corrected chi connectivity index (χ2v) is 5.73. The topological polar surface area (TPSA) is 65.0 Å². The Labute approximate surface area is 118 Å². The van der Waals surface area contributed by atoms with Gasteiger partial charge >= 0.3 is 5.97 Å². The Morgan fingerprint density at radius 1 is 1.35 bits per heavy atom. The summed E-state index contributed by atoms with van der Waals surface area (Å²) in [6, 6.07) is 0. The largest absolute Gasteiger partial charge is 0.511 e. The number of carbonyl (C=O) groups is 1. The van der Waals surface area contributed by atoms with Crippen LogP contribution < -0.4 is 0 Å². The van der Waals surface area contributed by atoms with Gasteiger partial charge in [-0.3, -0.25) is 0 Å². The third-order valence-corrected chi connectivity index (χ3v) is 4.85. The van der Waals surface area contributed by atoms with Crippen LogP contribution in [0.5, 0.6) is 0 Å². The summed E-state index contributed by atoms with van der Waals surface area (Å²) >= 11 is 0. The molecule has 3 rings (SSSR count). The number of carbonyl (C=O) groups excluding carboxylic acids is 1. The van der Waals surface area contributed by atoms with Crippen LogP contribution in [0.15, 0.2) is 23.5 Å². The molecule has 0 spiro atoms. The number of fused-ring (bicyclic) bond motifs is 5. The second kappa shape index (κ2) is 5.22. The van der Waals surface area contributed by atoms with Gasteiger partial charge in [-0.1, -0.05) is 12.2 Å². The highest BCUT2D eigenvalue weighted by atomic mass is 16.7. The molecule has 3 aliphatic carbocycles. The second-order valence-electron chi connectivity index (χ2n) is 5.73. The molecular weight excluding hydrogens is 260 g/mol. The Hall–Kier alpha value is -1.33. The zero-order chi connectivity index (χ0) is 14.3. The summed E-state index contributed by atoms with van der Waals surface area (Å²) in [4.78, 5) is 12.0. The molecule has 0 aromatic rings. The third-order valence-electron chi connectivity index (χ3n) is 4.85. The molecule has 0 aromatic heterocycles. The van der Waals surface area contributed by atoms with Crippen LogP contribution in [0.25, 0.3) is 0 Å². The summed E-state index contributed by atoms with van der Waals surface area (Å²) in [6.45, 7) is 0.563. The van der Waals surface area contributed by atoms with E-state index in [1.807, 2.05) is 0 Å². The Kier molecular flexibility index (Phi) is 3.56. The number of esters is 1. The van der Waals surface area contributed by atoms with E-state index in [1.54, 1.807) is 7.11 Å². The highest BCUT2D eigenvalue weighted by Crippen LogP contribution is 2.59. The van der Waals surface area contributed by atoms with E-state index in [9.17, 15) is 9.90 Å². The third kappa shape index (κ3) is 1.88. The van der Waals surface area contributed by atoms with Gasteiger partial charge in [-0.05, 0) is 24.2 Å². The normalized spacial score (nSPS) is 37.6. The molecule has 5 nitrogen and oxygen atoms in total. The van der Waals surface area contributed by atoms with Gasteiger partial charge in [0.25, 0.3) is 0 Å². The van der Waals surface area contributed by atoms with Crippen molar-refractivity contribution in [3.8, 4) is 0 Å². The van der Waals surface area contributed by atoms with Crippen LogP contribution in [0.3, 0.4) is 0 Å². The maximum atomic E-state index is 12.0. The molecule has 110 valence electrons. The van der Waals surface area contributed by atoms with Gasteiger partial charge in [0.15, 0.2) is 0 Å². The molecule has 5 heteroatoms. The van der Waals surface area contributed by atoms with E-state index in [1.165, 1.54) is 7.11 Å². The van der Waals surface area contributed by atoms with Crippen molar-refractivity contribution in [2.24, 2.45) is 29.6 Å². The molecule has 0 unspecified atom stereocenters. The SMILES string of the molecule is COCOC[C@H]1C(C(=O)OC)=C(O)[C@H]2[C@@H]1[C@H]1C=C[C@@H]2C1. The lowest BCUT2D eigenvalue weighted by atomic mass is 9.79. The first-order chi connectivity index (χ1) is 9.69. The summed E-state index contributed by atoms with van der Waals surface area (Å²) in [5.41, 5.74) is 0.400. The molecule has 0 aliphatic heterocycles. The molecule has 0 saturated heterocycles. The molecule has 0 radical (unpaired) electrons. The minimum atomic E-state index is -0.442. The highest BCUT2D eigenvalue weighted by Gasteiger charge is 2.57. The van der Waals surface area contributed by atoms with Crippen LogP contribution in [0.4, 0.5) is 0 Å². The molecule has 0 aromatic carbocycles. The molecule has 1 saturated carbocycles. The van der Waals surface area contributed by atoms with Crippen LogP contribution >= 0.6 is 0 Å². The standard InChI is InChI=1S/C15H20O5/c1-18-7-20-6-10-11-8-3-4-9(5-8)12(11)14(16)13(10)15(17)19-2/h3-4,8-12,16H,5-7H2,1-2H3/t8-,9+,10+,11+,12+/m0/s1. The van der Waals surface area contributed by atoms with E-state index in [2.05, 4.69) is 12.2 Å². The molecule has 3 aliphatic rings. The van der Waals surface area contributed by atoms with Crippen molar-refractivity contribution in [1.82, 2.24) is 0 Å². The monoisotopic (exact) mass is 280 g/mol. The van der Waals surface area contributed by atoms with Gasteiger partial charge < -0.3 is 19.3 Å². The minimum Gasteiger partial charge on any atom is -0.511 e. The Morgan fingerprint density at radius 2 is 2.10 bits per heavy atom.